The Kier molecular flexibility index (Phi) is 5.91. The summed E-state index contributed by atoms with van der Waals surface area (Å²) in [6.07, 6.45) is 6.13. The van der Waals surface area contributed by atoms with Gasteiger partial charge in [0.2, 0.25) is 0 Å². The molecule has 0 bridgehead atoms. The number of hydrogen-bond donors (Lipinski definition) is 0. The zero-order chi connectivity index (χ0) is 17.1. The van der Waals surface area contributed by atoms with E-state index in [-0.39, 0.29) is 21.8 Å². The maximum atomic E-state index is 4.52. The van der Waals surface area contributed by atoms with Crippen molar-refractivity contribution in [3.8, 4) is 0 Å². The summed E-state index contributed by atoms with van der Waals surface area (Å²) in [5.74, 6) is 0. The summed E-state index contributed by atoms with van der Waals surface area (Å²) >= 11 is 0. The summed E-state index contributed by atoms with van der Waals surface area (Å²) in [5.41, 5.74) is 0.0439. The topological polar surface area (TPSA) is 49.4 Å². The van der Waals surface area contributed by atoms with Gasteiger partial charge in [-0.1, -0.05) is 60.8 Å². The maximum absolute atomic E-state index is 4.52. The molecule has 0 N–H and O–H groups in total. The molecule has 0 aromatic heterocycles. The second kappa shape index (κ2) is 6.76. The van der Waals surface area contributed by atoms with Gasteiger partial charge in [0.1, 0.15) is 0 Å². The highest BCUT2D eigenvalue weighted by molar-refractivity contribution is 5.06. The van der Waals surface area contributed by atoms with Gasteiger partial charge in [0.15, 0.2) is 0 Å². The second-order valence-corrected chi connectivity index (χ2v) is 9.00. The molecule has 1 heterocycles. The van der Waals surface area contributed by atoms with Crippen molar-refractivity contribution in [1.29, 1.82) is 0 Å². The van der Waals surface area contributed by atoms with Crippen LogP contribution in [0.5, 0.6) is 0 Å². The van der Waals surface area contributed by atoms with Crippen molar-refractivity contribution in [2.24, 2.45) is 36.9 Å². The van der Waals surface area contributed by atoms with E-state index < -0.39 is 0 Å². The minimum atomic E-state index is -0.295. The molecule has 22 heavy (non-hydrogen) atoms. The zero-order valence-corrected chi connectivity index (χ0v) is 16.0. The second-order valence-electron chi connectivity index (χ2n) is 9.00. The first-order valence-electron chi connectivity index (χ1n) is 8.74. The third kappa shape index (κ3) is 3.75. The molecule has 4 nitrogen and oxygen atoms in total. The molecule has 0 aliphatic carbocycles. The standard InChI is InChI=1S/C18H36N4/c1-15(2)13-11-9-10-12-14-19-21-22-20-18(7,8)17(5,6)16(15,3)4/h9-14H2,1-8H3. The molecule has 1 rings (SSSR count). The van der Waals surface area contributed by atoms with E-state index in [1.807, 2.05) is 0 Å². The molecular formula is C18H36N4. The normalized spacial score (nSPS) is 28.0. The molecule has 0 atom stereocenters. The van der Waals surface area contributed by atoms with Crippen LogP contribution in [0.2, 0.25) is 0 Å². The van der Waals surface area contributed by atoms with Gasteiger partial charge in [0.05, 0.1) is 12.1 Å². The van der Waals surface area contributed by atoms with Crippen LogP contribution >= 0.6 is 0 Å². The van der Waals surface area contributed by atoms with E-state index in [9.17, 15) is 0 Å². The Morgan fingerprint density at radius 3 is 1.86 bits per heavy atom. The van der Waals surface area contributed by atoms with Gasteiger partial charge in [-0.25, -0.2) is 0 Å². The molecular weight excluding hydrogens is 272 g/mol. The van der Waals surface area contributed by atoms with Crippen LogP contribution in [-0.4, -0.2) is 12.1 Å². The van der Waals surface area contributed by atoms with Crippen molar-refractivity contribution < 1.29 is 0 Å². The van der Waals surface area contributed by atoms with Crippen LogP contribution in [0.4, 0.5) is 0 Å². The smallest absolute Gasteiger partial charge is 0.0838 e. The van der Waals surface area contributed by atoms with Gasteiger partial charge >= 0.3 is 0 Å². The lowest BCUT2D eigenvalue weighted by atomic mass is 9.49. The first-order chi connectivity index (χ1) is 9.96. The Morgan fingerprint density at radius 1 is 0.636 bits per heavy atom. The van der Waals surface area contributed by atoms with E-state index in [1.54, 1.807) is 0 Å². The van der Waals surface area contributed by atoms with Gasteiger partial charge in [-0.05, 0) is 53.4 Å². The largest absolute Gasteiger partial charge is 0.167 e. The fourth-order valence-electron chi connectivity index (χ4n) is 3.36. The lowest BCUT2D eigenvalue weighted by molar-refractivity contribution is -0.0660. The summed E-state index contributed by atoms with van der Waals surface area (Å²) in [5, 5.41) is 16.5. The lowest BCUT2D eigenvalue weighted by Gasteiger charge is -2.57. The van der Waals surface area contributed by atoms with Crippen LogP contribution in [0.25, 0.3) is 0 Å². The highest BCUT2D eigenvalue weighted by Gasteiger charge is 2.54. The summed E-state index contributed by atoms with van der Waals surface area (Å²) in [6, 6.07) is 0. The minimum absolute atomic E-state index is 0.0212. The molecule has 0 saturated carbocycles. The molecule has 0 aromatic rings. The van der Waals surface area contributed by atoms with Gasteiger partial charge in [0, 0.05) is 0 Å². The van der Waals surface area contributed by atoms with Crippen LogP contribution in [0.3, 0.4) is 0 Å². The lowest BCUT2D eigenvalue weighted by Crippen LogP contribution is -2.54. The van der Waals surface area contributed by atoms with E-state index in [0.29, 0.717) is 0 Å². The highest BCUT2D eigenvalue weighted by Crippen LogP contribution is 2.58. The van der Waals surface area contributed by atoms with Crippen molar-refractivity contribution in [3.05, 3.63) is 0 Å². The summed E-state index contributed by atoms with van der Waals surface area (Å²) in [6.45, 7) is 19.3. The van der Waals surface area contributed by atoms with E-state index in [2.05, 4.69) is 76.1 Å². The minimum Gasteiger partial charge on any atom is -0.167 e. The summed E-state index contributed by atoms with van der Waals surface area (Å²) in [4.78, 5) is 0. The highest BCUT2D eigenvalue weighted by atomic mass is 15.5. The molecule has 0 fully saturated rings. The van der Waals surface area contributed by atoms with Crippen molar-refractivity contribution in [2.45, 2.75) is 93.0 Å². The van der Waals surface area contributed by atoms with Crippen molar-refractivity contribution >= 4 is 0 Å². The Labute approximate surface area is 137 Å². The molecule has 0 unspecified atom stereocenters. The van der Waals surface area contributed by atoms with Crippen LogP contribution < -0.4 is 0 Å². The first-order valence-corrected chi connectivity index (χ1v) is 8.74. The van der Waals surface area contributed by atoms with Gasteiger partial charge in [-0.15, -0.1) is 0 Å². The number of rotatable bonds is 0. The molecule has 0 amide bonds. The molecule has 0 aromatic carbocycles. The molecule has 1 aliphatic rings. The molecule has 0 radical (unpaired) electrons. The van der Waals surface area contributed by atoms with E-state index >= 15 is 0 Å². The van der Waals surface area contributed by atoms with Crippen molar-refractivity contribution in [2.75, 3.05) is 6.54 Å². The third-order valence-electron chi connectivity index (χ3n) is 6.99. The van der Waals surface area contributed by atoms with Gasteiger partial charge in [-0.3, -0.25) is 0 Å². The molecule has 1 aliphatic heterocycles. The molecule has 0 spiro atoms. The van der Waals surface area contributed by atoms with Crippen LogP contribution in [0.15, 0.2) is 20.7 Å². The fraction of sp³-hybridized carbons (Fsp3) is 1.00. The average molecular weight is 309 g/mol. The van der Waals surface area contributed by atoms with E-state index in [0.717, 1.165) is 13.0 Å². The van der Waals surface area contributed by atoms with Gasteiger partial charge in [0.25, 0.3) is 0 Å². The van der Waals surface area contributed by atoms with Crippen LogP contribution in [0, 0.1) is 16.2 Å². The maximum Gasteiger partial charge on any atom is 0.0838 e. The van der Waals surface area contributed by atoms with Crippen LogP contribution in [0.1, 0.15) is 87.5 Å². The summed E-state index contributed by atoms with van der Waals surface area (Å²) in [7, 11) is 0. The Morgan fingerprint density at radius 2 is 1.23 bits per heavy atom. The zero-order valence-electron chi connectivity index (χ0n) is 16.0. The predicted molar refractivity (Wildman–Crippen MR) is 93.1 cm³/mol. The average Bonchev–Trinajstić information content (AvgIpc) is 2.39. The summed E-state index contributed by atoms with van der Waals surface area (Å²) < 4.78 is 0. The third-order valence-corrected chi connectivity index (χ3v) is 6.99. The van der Waals surface area contributed by atoms with Crippen molar-refractivity contribution in [3.63, 3.8) is 0 Å². The number of nitrogens with zero attached hydrogens (tertiary/aromatic N) is 4. The Balaban J connectivity index is 3.20. The molecule has 4 heteroatoms. The fourth-order valence-corrected chi connectivity index (χ4v) is 3.36. The Hall–Kier alpha value is -0.800. The van der Waals surface area contributed by atoms with Crippen LogP contribution in [-0.2, 0) is 0 Å². The predicted octanol–water partition coefficient (Wildman–Crippen LogP) is 6.63. The van der Waals surface area contributed by atoms with Crippen molar-refractivity contribution in [1.82, 2.24) is 0 Å². The first kappa shape index (κ1) is 19.2. The molecule has 128 valence electrons. The number of hydrogen-bond acceptors (Lipinski definition) is 4. The van der Waals surface area contributed by atoms with E-state index in [4.69, 9.17) is 0 Å². The quantitative estimate of drug-likeness (QED) is 0.482. The monoisotopic (exact) mass is 308 g/mol. The van der Waals surface area contributed by atoms with E-state index in [1.165, 1.54) is 25.7 Å². The Bertz CT molecular complexity index is 417. The van der Waals surface area contributed by atoms with Gasteiger partial charge in [-0.2, -0.15) is 10.2 Å². The van der Waals surface area contributed by atoms with Gasteiger partial charge < -0.3 is 0 Å². The SMILES string of the molecule is CC1(C)CCCCCCN=NN=NC(C)(C)C(C)(C)C1(C)C. The molecule has 0 saturated heterocycles.